The van der Waals surface area contributed by atoms with E-state index in [1.807, 2.05) is 6.07 Å². The van der Waals surface area contributed by atoms with Gasteiger partial charge in [-0.2, -0.15) is 15.1 Å². The van der Waals surface area contributed by atoms with Gasteiger partial charge in [0.15, 0.2) is 5.84 Å². The lowest BCUT2D eigenvalue weighted by Crippen LogP contribution is -2.35. The highest BCUT2D eigenvalue weighted by Crippen LogP contribution is 2.31. The summed E-state index contributed by atoms with van der Waals surface area (Å²) >= 11 is 1.21. The van der Waals surface area contributed by atoms with Crippen molar-refractivity contribution in [3.05, 3.63) is 105 Å². The second-order valence-electron chi connectivity index (χ2n) is 7.41. The summed E-state index contributed by atoms with van der Waals surface area (Å²) in [5, 5.41) is 26.4. The predicted octanol–water partition coefficient (Wildman–Crippen LogP) is 4.24. The SMILES string of the molecule is N=C1/C(=C/c2ccc(OCc3ccccc3[N+](=O)[O-])cc2)C(=O)N=C2SC(c3cccnc3)=NN12. The van der Waals surface area contributed by atoms with E-state index in [0.717, 1.165) is 5.56 Å². The number of para-hydroxylation sites is 1. The topological polar surface area (TPSA) is 134 Å². The van der Waals surface area contributed by atoms with Gasteiger partial charge < -0.3 is 4.74 Å². The van der Waals surface area contributed by atoms with Crippen molar-refractivity contribution in [2.24, 2.45) is 10.1 Å². The number of nitrogens with one attached hydrogen (secondary N) is 1. The number of rotatable bonds is 6. The van der Waals surface area contributed by atoms with E-state index >= 15 is 0 Å². The van der Waals surface area contributed by atoms with E-state index in [-0.39, 0.29) is 23.7 Å². The van der Waals surface area contributed by atoms with E-state index in [9.17, 15) is 14.9 Å². The Labute approximate surface area is 203 Å². The van der Waals surface area contributed by atoms with Crippen molar-refractivity contribution in [3.63, 3.8) is 0 Å². The third-order valence-electron chi connectivity index (χ3n) is 5.14. The first-order chi connectivity index (χ1) is 17.0. The zero-order valence-electron chi connectivity index (χ0n) is 18.0. The Morgan fingerprint density at radius 1 is 1.11 bits per heavy atom. The number of fused-ring (bicyclic) bond motifs is 1. The third-order valence-corrected chi connectivity index (χ3v) is 6.09. The number of nitro groups is 1. The second kappa shape index (κ2) is 9.31. The number of pyridine rings is 1. The molecule has 3 aromatic rings. The molecule has 2 aromatic carbocycles. The van der Waals surface area contributed by atoms with Gasteiger partial charge in [0.2, 0.25) is 5.17 Å². The lowest BCUT2D eigenvalue weighted by Gasteiger charge is -2.20. The van der Waals surface area contributed by atoms with Crippen LogP contribution in [0.15, 0.2) is 88.7 Å². The third kappa shape index (κ3) is 4.57. The number of hydrazone groups is 1. The zero-order valence-corrected chi connectivity index (χ0v) is 18.8. The maximum absolute atomic E-state index is 12.6. The van der Waals surface area contributed by atoms with E-state index in [1.54, 1.807) is 67.0 Å². The molecule has 1 N–H and O–H groups in total. The first-order valence-corrected chi connectivity index (χ1v) is 11.2. The molecule has 1 aromatic heterocycles. The normalized spacial score (nSPS) is 16.1. The Morgan fingerprint density at radius 3 is 2.66 bits per heavy atom. The largest absolute Gasteiger partial charge is 0.489 e. The molecule has 172 valence electrons. The molecule has 2 aliphatic heterocycles. The molecule has 11 heteroatoms. The molecular weight excluding hydrogens is 468 g/mol. The smallest absolute Gasteiger partial charge is 0.283 e. The minimum atomic E-state index is -0.520. The highest BCUT2D eigenvalue weighted by molar-refractivity contribution is 8.27. The van der Waals surface area contributed by atoms with Gasteiger partial charge in [0.25, 0.3) is 11.6 Å². The minimum absolute atomic E-state index is 0.00230. The van der Waals surface area contributed by atoms with Crippen molar-refractivity contribution in [3.8, 4) is 5.75 Å². The highest BCUT2D eigenvalue weighted by Gasteiger charge is 2.36. The van der Waals surface area contributed by atoms with E-state index in [0.29, 0.717) is 27.1 Å². The van der Waals surface area contributed by atoms with Crippen molar-refractivity contribution in [1.29, 1.82) is 5.41 Å². The van der Waals surface area contributed by atoms with Crippen LogP contribution >= 0.6 is 11.8 Å². The van der Waals surface area contributed by atoms with Crippen LogP contribution in [0.5, 0.6) is 5.75 Å². The van der Waals surface area contributed by atoms with Crippen molar-refractivity contribution >= 4 is 45.5 Å². The quantitative estimate of drug-likeness (QED) is 0.314. The molecule has 35 heavy (non-hydrogen) atoms. The summed E-state index contributed by atoms with van der Waals surface area (Å²) in [5.41, 5.74) is 2.01. The van der Waals surface area contributed by atoms with E-state index < -0.39 is 10.8 Å². The number of nitrogens with zero attached hydrogens (tertiary/aromatic N) is 5. The fraction of sp³-hybridized carbons (Fsp3) is 0.0417. The number of ether oxygens (including phenoxy) is 1. The van der Waals surface area contributed by atoms with Crippen molar-refractivity contribution in [2.45, 2.75) is 6.61 Å². The van der Waals surface area contributed by atoms with Crippen LogP contribution < -0.4 is 4.74 Å². The number of amides is 1. The van der Waals surface area contributed by atoms with Gasteiger partial charge in [0, 0.05) is 24.0 Å². The number of benzene rings is 2. The first-order valence-electron chi connectivity index (χ1n) is 10.4. The van der Waals surface area contributed by atoms with E-state index in [1.165, 1.54) is 22.8 Å². The number of nitro benzene ring substituents is 1. The van der Waals surface area contributed by atoms with E-state index in [2.05, 4.69) is 15.1 Å². The molecule has 0 aliphatic carbocycles. The van der Waals surface area contributed by atoms with Crippen LogP contribution in [0.4, 0.5) is 5.69 Å². The number of aromatic nitrogens is 1. The molecule has 0 saturated carbocycles. The van der Waals surface area contributed by atoms with Gasteiger partial charge in [-0.15, -0.1) is 0 Å². The monoisotopic (exact) mass is 484 g/mol. The summed E-state index contributed by atoms with van der Waals surface area (Å²) < 4.78 is 5.69. The van der Waals surface area contributed by atoms with Crippen LogP contribution in [0.2, 0.25) is 0 Å². The van der Waals surface area contributed by atoms with Gasteiger partial charge in [-0.05, 0) is 53.7 Å². The lowest BCUT2D eigenvalue weighted by molar-refractivity contribution is -0.385. The molecule has 0 bridgehead atoms. The molecule has 5 rings (SSSR count). The minimum Gasteiger partial charge on any atom is -0.489 e. The van der Waals surface area contributed by atoms with Crippen LogP contribution in [0.3, 0.4) is 0 Å². The van der Waals surface area contributed by atoms with Crippen LogP contribution in [-0.2, 0) is 11.4 Å². The van der Waals surface area contributed by atoms with Crippen LogP contribution in [0.1, 0.15) is 16.7 Å². The molecule has 3 heterocycles. The van der Waals surface area contributed by atoms with Crippen molar-refractivity contribution in [1.82, 2.24) is 9.99 Å². The molecule has 0 atom stereocenters. The zero-order chi connectivity index (χ0) is 24.4. The Morgan fingerprint density at radius 2 is 1.91 bits per heavy atom. The Hall–Kier alpha value is -4.64. The number of aliphatic imine (C=N–C) groups is 1. The highest BCUT2D eigenvalue weighted by atomic mass is 32.2. The molecule has 0 unspecified atom stereocenters. The lowest BCUT2D eigenvalue weighted by atomic mass is 10.1. The van der Waals surface area contributed by atoms with Gasteiger partial charge in [-0.1, -0.05) is 24.3 Å². The van der Waals surface area contributed by atoms with Crippen molar-refractivity contribution < 1.29 is 14.5 Å². The average molecular weight is 484 g/mol. The summed E-state index contributed by atoms with van der Waals surface area (Å²) in [6.45, 7) is 0.0438. The standard InChI is InChI=1S/C24H16N6O4S/c25-21-19(22(31)27-24-29(21)28-23(35-24)16-5-3-11-26-13-16)12-15-7-9-18(10-8-15)34-14-17-4-1-2-6-20(17)30(32)33/h1-13,25H,14H2/b19-12-,25-21?. The molecule has 0 saturated heterocycles. The number of thioether (sulfide) groups is 1. The maximum Gasteiger partial charge on any atom is 0.283 e. The van der Waals surface area contributed by atoms with Crippen LogP contribution in [0.25, 0.3) is 6.08 Å². The molecule has 0 fully saturated rings. The summed E-state index contributed by atoms with van der Waals surface area (Å²) in [4.78, 5) is 31.5. The van der Waals surface area contributed by atoms with Crippen LogP contribution in [-0.4, -0.2) is 36.9 Å². The summed E-state index contributed by atoms with van der Waals surface area (Å²) in [6, 6.07) is 16.9. The molecule has 0 radical (unpaired) electrons. The van der Waals surface area contributed by atoms with Gasteiger partial charge in [-0.3, -0.25) is 25.3 Å². The summed E-state index contributed by atoms with van der Waals surface area (Å²) in [7, 11) is 0. The van der Waals surface area contributed by atoms with Gasteiger partial charge >= 0.3 is 0 Å². The Balaban J connectivity index is 1.31. The molecule has 10 nitrogen and oxygen atoms in total. The van der Waals surface area contributed by atoms with E-state index in [4.69, 9.17) is 10.1 Å². The van der Waals surface area contributed by atoms with Gasteiger partial charge in [-0.25, -0.2) is 0 Å². The Bertz CT molecular complexity index is 1430. The molecule has 1 amide bonds. The van der Waals surface area contributed by atoms with Crippen LogP contribution in [0, 0.1) is 15.5 Å². The van der Waals surface area contributed by atoms with Gasteiger partial charge in [0.05, 0.1) is 16.1 Å². The molecule has 2 aliphatic rings. The fourth-order valence-corrected chi connectivity index (χ4v) is 4.28. The predicted molar refractivity (Wildman–Crippen MR) is 132 cm³/mol. The number of carbonyl (C=O) groups excluding carboxylic acids is 1. The fourth-order valence-electron chi connectivity index (χ4n) is 3.40. The average Bonchev–Trinajstić information content (AvgIpc) is 3.31. The Kier molecular flexibility index (Phi) is 5.90. The number of carbonyl (C=O) groups is 1. The maximum atomic E-state index is 12.6. The molecule has 0 spiro atoms. The molecular formula is C24H16N6O4S. The summed E-state index contributed by atoms with van der Waals surface area (Å²) in [6.07, 6.45) is 4.88. The van der Waals surface area contributed by atoms with Crippen molar-refractivity contribution in [2.75, 3.05) is 0 Å². The van der Waals surface area contributed by atoms with Gasteiger partial charge in [0.1, 0.15) is 17.4 Å². The number of hydrogen-bond acceptors (Lipinski definition) is 8. The number of hydrogen-bond donors (Lipinski definition) is 1. The second-order valence-corrected chi connectivity index (χ2v) is 8.37. The summed E-state index contributed by atoms with van der Waals surface area (Å²) in [5.74, 6) is -0.0754. The number of amidine groups is 2. The first kappa shape index (κ1) is 22.2.